The molecule has 0 amide bonds. The van der Waals surface area contributed by atoms with E-state index in [1.165, 1.54) is 0 Å². The molecule has 2 unspecified atom stereocenters. The molecule has 4 N–H and O–H groups in total. The Balaban J connectivity index is 1.84. The number of aryl methyl sites for hydroxylation is 1. The summed E-state index contributed by atoms with van der Waals surface area (Å²) in [7, 11) is 1.91. The van der Waals surface area contributed by atoms with Gasteiger partial charge in [0.25, 0.3) is 0 Å². The lowest BCUT2D eigenvalue weighted by Crippen LogP contribution is -2.67. The van der Waals surface area contributed by atoms with Crippen LogP contribution >= 0.6 is 0 Å². The maximum atomic E-state index is 10.6. The third-order valence-electron chi connectivity index (χ3n) is 4.68. The number of rotatable bonds is 7. The summed E-state index contributed by atoms with van der Waals surface area (Å²) in [5, 5.41) is 41.1. The smallest absolute Gasteiger partial charge is 0.243 e. The van der Waals surface area contributed by atoms with Crippen molar-refractivity contribution in [1.82, 2.24) is 4.57 Å². The van der Waals surface area contributed by atoms with Crippen LogP contribution in [0.3, 0.4) is 0 Å². The zero-order valence-corrected chi connectivity index (χ0v) is 14.1. The van der Waals surface area contributed by atoms with E-state index in [1.807, 2.05) is 41.8 Å². The molecule has 0 spiro atoms. The van der Waals surface area contributed by atoms with E-state index in [4.69, 9.17) is 0 Å². The Kier molecular flexibility index (Phi) is 5.77. The largest absolute Gasteiger partial charge is 0.387 e. The molecule has 1 saturated heterocycles. The molecule has 1 aliphatic heterocycles. The number of aliphatic hydroxyl groups excluding tert-OH is 2. The highest BCUT2D eigenvalue weighted by Gasteiger charge is 2.44. The van der Waals surface area contributed by atoms with E-state index < -0.39 is 12.2 Å². The maximum absolute atomic E-state index is 10.6. The van der Waals surface area contributed by atoms with E-state index in [0.717, 1.165) is 0 Å². The second-order valence-electron chi connectivity index (χ2n) is 6.94. The summed E-state index contributed by atoms with van der Waals surface area (Å²) < 4.78 is 3.33. The van der Waals surface area contributed by atoms with E-state index >= 15 is 0 Å². The highest BCUT2D eigenvalue weighted by Crippen LogP contribution is 2.17. The van der Waals surface area contributed by atoms with Crippen molar-refractivity contribution in [2.75, 3.05) is 39.3 Å². The van der Waals surface area contributed by atoms with Crippen molar-refractivity contribution in [3.63, 3.8) is 0 Å². The fourth-order valence-corrected chi connectivity index (χ4v) is 3.16. The molecule has 0 aliphatic carbocycles. The van der Waals surface area contributed by atoms with Crippen LogP contribution in [0.4, 0.5) is 0 Å². The fraction of sp³-hybridized carbons (Fsp3) is 0.800. The second kappa shape index (κ2) is 7.25. The van der Waals surface area contributed by atoms with Gasteiger partial charge in [-0.05, 0) is 6.42 Å². The van der Waals surface area contributed by atoms with E-state index in [2.05, 4.69) is 0 Å². The van der Waals surface area contributed by atoms with Gasteiger partial charge in [-0.1, -0.05) is 6.92 Å². The molecule has 0 aromatic carbocycles. The third-order valence-corrected chi connectivity index (χ3v) is 4.68. The first kappa shape index (κ1) is 18.3. The lowest BCUT2D eigenvalue weighted by Gasteiger charge is -2.42. The van der Waals surface area contributed by atoms with E-state index in [0.29, 0.717) is 45.7 Å². The van der Waals surface area contributed by atoms with Gasteiger partial charge in [-0.25, -0.2) is 19.5 Å². The topological polar surface area (TPSA) is 89.7 Å². The number of imidazole rings is 1. The van der Waals surface area contributed by atoms with Crippen LogP contribution < -0.4 is 4.57 Å². The van der Waals surface area contributed by atoms with Crippen LogP contribution in [0, 0.1) is 0 Å². The SMILES string of the molecule is CCC(O)C[N+]1(O)CC[N+](O)(CC(O)Cn2cc[n+](C)c2)CC1. The quantitative estimate of drug-likeness (QED) is 0.376. The van der Waals surface area contributed by atoms with Crippen molar-refractivity contribution in [2.45, 2.75) is 32.1 Å². The Morgan fingerprint density at radius 2 is 1.57 bits per heavy atom. The van der Waals surface area contributed by atoms with Crippen molar-refractivity contribution < 1.29 is 34.5 Å². The molecule has 2 heterocycles. The van der Waals surface area contributed by atoms with Crippen molar-refractivity contribution in [2.24, 2.45) is 7.05 Å². The summed E-state index contributed by atoms with van der Waals surface area (Å²) in [5.41, 5.74) is 0. The van der Waals surface area contributed by atoms with Crippen LogP contribution in [0.25, 0.3) is 0 Å². The number of hydrogen-bond donors (Lipinski definition) is 4. The molecule has 132 valence electrons. The van der Waals surface area contributed by atoms with Gasteiger partial charge in [0.05, 0.1) is 7.05 Å². The molecule has 0 saturated carbocycles. The maximum Gasteiger partial charge on any atom is 0.243 e. The Morgan fingerprint density at radius 1 is 1.04 bits per heavy atom. The second-order valence-corrected chi connectivity index (χ2v) is 6.94. The predicted molar refractivity (Wildman–Crippen MR) is 81.2 cm³/mol. The molecule has 0 bridgehead atoms. The fourth-order valence-electron chi connectivity index (χ4n) is 3.16. The third kappa shape index (κ3) is 5.23. The van der Waals surface area contributed by atoms with Gasteiger partial charge in [-0.3, -0.25) is 0 Å². The van der Waals surface area contributed by atoms with Crippen molar-refractivity contribution in [3.05, 3.63) is 18.7 Å². The minimum Gasteiger partial charge on any atom is -0.387 e. The number of quaternary nitrogens is 2. The number of nitrogens with zero attached hydrogens (tertiary/aromatic N) is 4. The summed E-state index contributed by atoms with van der Waals surface area (Å²) in [6, 6.07) is 0. The Hall–Kier alpha value is -1.03. The van der Waals surface area contributed by atoms with Crippen molar-refractivity contribution >= 4 is 0 Å². The standard InChI is InChI=1S/C15H31N4O4/c1-3-14(20)11-18(22)6-8-19(23,9-7-18)12-15(21)10-17-5-4-16(2)13-17/h4-5,13-15,20-23H,3,6-12H2,1-2H3/q+3. The zero-order chi connectivity index (χ0) is 17.1. The summed E-state index contributed by atoms with van der Waals surface area (Å²) in [5.74, 6) is 0. The van der Waals surface area contributed by atoms with Crippen LogP contribution in [-0.4, -0.2) is 86.0 Å². The van der Waals surface area contributed by atoms with Crippen LogP contribution in [0.5, 0.6) is 0 Å². The van der Waals surface area contributed by atoms with Crippen LogP contribution in [0.1, 0.15) is 13.3 Å². The number of hydroxylamine groups is 6. The van der Waals surface area contributed by atoms with E-state index in [1.54, 1.807) is 0 Å². The average molecular weight is 331 g/mol. The first-order valence-corrected chi connectivity index (χ1v) is 8.28. The molecule has 23 heavy (non-hydrogen) atoms. The molecule has 1 aliphatic rings. The number of piperazine rings is 1. The molecular formula is C15H31N4O4+3. The molecule has 0 radical (unpaired) electrons. The molecule has 2 atom stereocenters. The first-order valence-electron chi connectivity index (χ1n) is 8.28. The molecule has 2 rings (SSSR count). The predicted octanol–water partition coefficient (Wildman–Crippen LogP) is -1.13. The molecular weight excluding hydrogens is 300 g/mol. The van der Waals surface area contributed by atoms with Gasteiger partial charge >= 0.3 is 0 Å². The summed E-state index contributed by atoms with van der Waals surface area (Å²) in [4.78, 5) is 0. The summed E-state index contributed by atoms with van der Waals surface area (Å²) in [6.07, 6.45) is 5.07. The van der Waals surface area contributed by atoms with Gasteiger partial charge in [-0.2, -0.15) is 9.29 Å². The van der Waals surface area contributed by atoms with Crippen LogP contribution in [-0.2, 0) is 13.6 Å². The van der Waals surface area contributed by atoms with Gasteiger partial charge in [-0.15, -0.1) is 0 Å². The minimum atomic E-state index is -0.660. The number of aromatic nitrogens is 2. The Morgan fingerprint density at radius 3 is 2.00 bits per heavy atom. The van der Waals surface area contributed by atoms with Gasteiger partial charge in [0.2, 0.25) is 6.33 Å². The first-order chi connectivity index (χ1) is 10.7. The van der Waals surface area contributed by atoms with Crippen molar-refractivity contribution in [1.29, 1.82) is 0 Å². The van der Waals surface area contributed by atoms with Gasteiger partial charge in [0.15, 0.2) is 26.2 Å². The lowest BCUT2D eigenvalue weighted by molar-refractivity contribution is -1.19. The molecule has 8 nitrogen and oxygen atoms in total. The average Bonchev–Trinajstić information content (AvgIpc) is 2.87. The molecule has 8 heteroatoms. The lowest BCUT2D eigenvalue weighted by atomic mass is 10.2. The number of hydrogen-bond acceptors (Lipinski definition) is 4. The van der Waals surface area contributed by atoms with Gasteiger partial charge in [0.1, 0.15) is 44.2 Å². The monoisotopic (exact) mass is 331 g/mol. The molecule has 1 fully saturated rings. The minimum absolute atomic E-state index is 0.209. The normalized spacial score (nSPS) is 31.0. The summed E-state index contributed by atoms with van der Waals surface area (Å²) >= 11 is 0. The van der Waals surface area contributed by atoms with Gasteiger partial charge in [0, 0.05) is 0 Å². The summed E-state index contributed by atoms with van der Waals surface area (Å²) in [6.45, 7) is 4.31. The molecule has 1 aromatic heterocycles. The van der Waals surface area contributed by atoms with Crippen LogP contribution in [0.2, 0.25) is 0 Å². The molecule has 1 aromatic rings. The Labute approximate surface area is 137 Å². The zero-order valence-electron chi connectivity index (χ0n) is 14.1. The highest BCUT2D eigenvalue weighted by atomic mass is 16.6. The van der Waals surface area contributed by atoms with E-state index in [-0.39, 0.29) is 15.8 Å². The number of aliphatic hydroxyl groups is 2. The van der Waals surface area contributed by atoms with E-state index in [9.17, 15) is 20.6 Å². The van der Waals surface area contributed by atoms with Crippen LogP contribution in [0.15, 0.2) is 18.7 Å². The van der Waals surface area contributed by atoms with Gasteiger partial charge < -0.3 is 10.2 Å². The highest BCUT2D eigenvalue weighted by molar-refractivity contribution is 4.69. The van der Waals surface area contributed by atoms with Crippen molar-refractivity contribution in [3.8, 4) is 0 Å². The Bertz CT molecular complexity index is 499.